The van der Waals surface area contributed by atoms with Crippen LogP contribution < -0.4 is 10.5 Å². The van der Waals surface area contributed by atoms with Crippen LogP contribution in [0.2, 0.25) is 0 Å². The van der Waals surface area contributed by atoms with Crippen molar-refractivity contribution in [1.29, 1.82) is 0 Å². The monoisotopic (exact) mass is 280 g/mol. The molecular weight excluding hydrogens is 260 g/mol. The minimum atomic E-state index is -0.368. The molecule has 6 heteroatoms. The van der Waals surface area contributed by atoms with Gasteiger partial charge in [0.15, 0.2) is 0 Å². The van der Waals surface area contributed by atoms with Gasteiger partial charge in [0.25, 0.3) is 0 Å². The van der Waals surface area contributed by atoms with Crippen molar-refractivity contribution in [2.24, 2.45) is 0 Å². The Morgan fingerprint density at radius 3 is 2.80 bits per heavy atom. The van der Waals surface area contributed by atoms with E-state index in [1.807, 2.05) is 0 Å². The first-order valence-corrected chi connectivity index (χ1v) is 6.61. The smallest absolute Gasteiger partial charge is 0.338 e. The van der Waals surface area contributed by atoms with Gasteiger partial charge in [0.1, 0.15) is 12.4 Å². The van der Waals surface area contributed by atoms with Gasteiger partial charge < -0.3 is 19.9 Å². The Balaban J connectivity index is 1.80. The first-order valence-electron chi connectivity index (χ1n) is 6.61. The lowest BCUT2D eigenvalue weighted by molar-refractivity contribution is 0.0195. The third kappa shape index (κ3) is 3.85. The average Bonchev–Trinajstić information content (AvgIpc) is 2.48. The fourth-order valence-corrected chi connectivity index (χ4v) is 2.04. The van der Waals surface area contributed by atoms with Crippen molar-refractivity contribution in [3.63, 3.8) is 0 Å². The van der Waals surface area contributed by atoms with Crippen LogP contribution in [0.25, 0.3) is 0 Å². The normalized spacial score (nSPS) is 15.8. The summed E-state index contributed by atoms with van der Waals surface area (Å²) in [6, 6.07) is 4.87. The van der Waals surface area contributed by atoms with E-state index in [9.17, 15) is 4.79 Å². The molecule has 0 radical (unpaired) electrons. The Labute approximate surface area is 118 Å². The van der Waals surface area contributed by atoms with Crippen LogP contribution in [-0.2, 0) is 9.47 Å². The van der Waals surface area contributed by atoms with Crippen LogP contribution in [0.1, 0.15) is 10.4 Å². The number of methoxy groups -OCH3 is 1. The summed E-state index contributed by atoms with van der Waals surface area (Å²) in [4.78, 5) is 14.1. The van der Waals surface area contributed by atoms with Crippen molar-refractivity contribution >= 4 is 11.7 Å². The van der Waals surface area contributed by atoms with E-state index in [-0.39, 0.29) is 5.97 Å². The molecule has 1 saturated heterocycles. The van der Waals surface area contributed by atoms with Crippen molar-refractivity contribution in [3.05, 3.63) is 23.8 Å². The fraction of sp³-hybridized carbons (Fsp3) is 0.500. The summed E-state index contributed by atoms with van der Waals surface area (Å²) in [5.74, 6) is 0.183. The molecule has 0 atom stereocenters. The topological polar surface area (TPSA) is 74.0 Å². The van der Waals surface area contributed by atoms with Gasteiger partial charge in [-0.15, -0.1) is 0 Å². The predicted molar refractivity (Wildman–Crippen MR) is 74.9 cm³/mol. The number of anilines is 1. The molecule has 6 nitrogen and oxygen atoms in total. The number of benzene rings is 1. The van der Waals surface area contributed by atoms with E-state index in [0.29, 0.717) is 23.6 Å². The zero-order chi connectivity index (χ0) is 14.4. The molecule has 2 N–H and O–H groups in total. The number of carbonyl (C=O) groups is 1. The lowest BCUT2D eigenvalue weighted by Gasteiger charge is -2.26. The number of ether oxygens (including phenoxy) is 3. The van der Waals surface area contributed by atoms with Crippen LogP contribution >= 0.6 is 0 Å². The molecule has 1 aliphatic rings. The van der Waals surface area contributed by atoms with Crippen molar-refractivity contribution in [2.45, 2.75) is 0 Å². The molecule has 0 bridgehead atoms. The summed E-state index contributed by atoms with van der Waals surface area (Å²) < 4.78 is 15.5. The van der Waals surface area contributed by atoms with E-state index in [1.54, 1.807) is 18.2 Å². The van der Waals surface area contributed by atoms with Gasteiger partial charge in [0.05, 0.1) is 31.6 Å². The number of hydrogen-bond donors (Lipinski definition) is 1. The van der Waals surface area contributed by atoms with Crippen molar-refractivity contribution in [3.8, 4) is 5.75 Å². The number of rotatable bonds is 5. The Bertz CT molecular complexity index is 458. The van der Waals surface area contributed by atoms with Crippen LogP contribution in [0.4, 0.5) is 5.69 Å². The third-order valence-electron chi connectivity index (χ3n) is 3.21. The third-order valence-corrected chi connectivity index (χ3v) is 3.21. The van der Waals surface area contributed by atoms with Gasteiger partial charge in [0, 0.05) is 19.6 Å². The lowest BCUT2D eigenvalue weighted by Crippen LogP contribution is -2.38. The zero-order valence-corrected chi connectivity index (χ0v) is 11.6. The zero-order valence-electron chi connectivity index (χ0n) is 11.6. The van der Waals surface area contributed by atoms with Crippen molar-refractivity contribution < 1.29 is 19.0 Å². The summed E-state index contributed by atoms with van der Waals surface area (Å²) in [5.41, 5.74) is 6.62. The maximum absolute atomic E-state index is 11.9. The van der Waals surface area contributed by atoms with Crippen LogP contribution in [0.5, 0.6) is 5.75 Å². The highest BCUT2D eigenvalue weighted by Crippen LogP contribution is 2.22. The number of nitrogens with zero attached hydrogens (tertiary/aromatic N) is 1. The summed E-state index contributed by atoms with van der Waals surface area (Å²) in [7, 11) is 1.53. The van der Waals surface area contributed by atoms with Gasteiger partial charge in [-0.3, -0.25) is 4.90 Å². The molecule has 0 spiro atoms. The van der Waals surface area contributed by atoms with Crippen LogP contribution in [-0.4, -0.2) is 57.4 Å². The summed E-state index contributed by atoms with van der Waals surface area (Å²) in [6.45, 7) is 4.33. The number of hydrogen-bond acceptors (Lipinski definition) is 6. The molecular formula is C14H20N2O4. The SMILES string of the molecule is COc1ccc(C(=O)OCCN2CCOCC2)cc1N. The van der Waals surface area contributed by atoms with Crippen LogP contribution in [0.15, 0.2) is 18.2 Å². The Morgan fingerprint density at radius 1 is 1.40 bits per heavy atom. The Kier molecular flexibility index (Phi) is 5.20. The lowest BCUT2D eigenvalue weighted by atomic mass is 10.2. The van der Waals surface area contributed by atoms with E-state index in [0.717, 1.165) is 32.8 Å². The minimum absolute atomic E-state index is 0.366. The molecule has 1 aromatic rings. The van der Waals surface area contributed by atoms with E-state index >= 15 is 0 Å². The molecule has 1 heterocycles. The molecule has 2 rings (SSSR count). The number of nitrogens with two attached hydrogens (primary N) is 1. The van der Waals surface area contributed by atoms with E-state index in [4.69, 9.17) is 19.9 Å². The highest BCUT2D eigenvalue weighted by Gasteiger charge is 2.13. The number of esters is 1. The molecule has 110 valence electrons. The molecule has 1 aromatic carbocycles. The second-order valence-corrected chi connectivity index (χ2v) is 4.55. The van der Waals surface area contributed by atoms with Gasteiger partial charge >= 0.3 is 5.97 Å². The van der Waals surface area contributed by atoms with Gasteiger partial charge in [-0.2, -0.15) is 0 Å². The van der Waals surface area contributed by atoms with Crippen molar-refractivity contribution in [2.75, 3.05) is 52.3 Å². The van der Waals surface area contributed by atoms with Gasteiger partial charge in [0.2, 0.25) is 0 Å². The Hall–Kier alpha value is -1.79. The number of nitrogen functional groups attached to an aromatic ring is 1. The fourth-order valence-electron chi connectivity index (χ4n) is 2.04. The molecule has 0 aromatic heterocycles. The maximum Gasteiger partial charge on any atom is 0.338 e. The molecule has 0 amide bonds. The second-order valence-electron chi connectivity index (χ2n) is 4.55. The number of morpholine rings is 1. The van der Waals surface area contributed by atoms with Gasteiger partial charge in [-0.1, -0.05) is 0 Å². The molecule has 0 unspecified atom stereocenters. The van der Waals surface area contributed by atoms with Gasteiger partial charge in [-0.05, 0) is 18.2 Å². The second kappa shape index (κ2) is 7.12. The summed E-state index contributed by atoms with van der Waals surface area (Å²) >= 11 is 0. The first-order chi connectivity index (χ1) is 9.70. The first kappa shape index (κ1) is 14.6. The van der Waals surface area contributed by atoms with Crippen molar-refractivity contribution in [1.82, 2.24) is 4.90 Å². The van der Waals surface area contributed by atoms with Crippen LogP contribution in [0, 0.1) is 0 Å². The average molecular weight is 280 g/mol. The summed E-state index contributed by atoms with van der Waals surface area (Å²) in [5, 5.41) is 0. The largest absolute Gasteiger partial charge is 0.495 e. The van der Waals surface area contributed by atoms with E-state index in [2.05, 4.69) is 4.90 Å². The molecule has 1 aliphatic heterocycles. The van der Waals surface area contributed by atoms with E-state index < -0.39 is 0 Å². The van der Waals surface area contributed by atoms with E-state index in [1.165, 1.54) is 7.11 Å². The molecule has 0 aliphatic carbocycles. The predicted octanol–water partition coefficient (Wildman–Crippen LogP) is 0.766. The van der Waals surface area contributed by atoms with Gasteiger partial charge in [-0.25, -0.2) is 4.79 Å². The minimum Gasteiger partial charge on any atom is -0.495 e. The highest BCUT2D eigenvalue weighted by atomic mass is 16.5. The standard InChI is InChI=1S/C14H20N2O4/c1-18-13-3-2-11(10-12(13)15)14(17)20-9-6-16-4-7-19-8-5-16/h2-3,10H,4-9,15H2,1H3. The number of carbonyl (C=O) groups excluding carboxylic acids is 1. The molecule has 0 saturated carbocycles. The Morgan fingerprint density at radius 2 is 2.15 bits per heavy atom. The van der Waals surface area contributed by atoms with Crippen LogP contribution in [0.3, 0.4) is 0 Å². The molecule has 20 heavy (non-hydrogen) atoms. The highest BCUT2D eigenvalue weighted by molar-refractivity contribution is 5.91. The summed E-state index contributed by atoms with van der Waals surface area (Å²) in [6.07, 6.45) is 0. The maximum atomic E-state index is 11.9. The quantitative estimate of drug-likeness (QED) is 0.634. The molecule has 1 fully saturated rings.